The van der Waals surface area contributed by atoms with Crippen molar-refractivity contribution in [1.82, 2.24) is 0 Å². The summed E-state index contributed by atoms with van der Waals surface area (Å²) in [5.41, 5.74) is 7.44. The van der Waals surface area contributed by atoms with E-state index in [9.17, 15) is 4.79 Å². The Hall–Kier alpha value is -2.85. The number of benzene rings is 3. The minimum Gasteiger partial charge on any atom is -0.448 e. The highest BCUT2D eigenvalue weighted by Crippen LogP contribution is 2.62. The molecule has 1 aliphatic carbocycles. The van der Waals surface area contributed by atoms with E-state index in [0.29, 0.717) is 23.2 Å². The predicted octanol–water partition coefficient (Wildman–Crippen LogP) is 8.42. The highest BCUT2D eigenvalue weighted by Gasteiger charge is 2.63. The molecule has 1 N–H and O–H groups in total. The van der Waals surface area contributed by atoms with Crippen molar-refractivity contribution in [2.45, 2.75) is 63.2 Å². The van der Waals surface area contributed by atoms with Crippen LogP contribution in [-0.4, -0.2) is 20.8 Å². The van der Waals surface area contributed by atoms with Crippen LogP contribution >= 0.6 is 0 Å². The summed E-state index contributed by atoms with van der Waals surface area (Å²) in [5.74, 6) is 0. The summed E-state index contributed by atoms with van der Waals surface area (Å²) in [5, 5.41) is 2.60. The molecule has 0 radical (unpaired) electrons. The van der Waals surface area contributed by atoms with Crippen molar-refractivity contribution in [3.8, 4) is 11.1 Å². The van der Waals surface area contributed by atoms with E-state index in [0.717, 1.165) is 5.69 Å². The number of carbonyl (C=O) groups excluding carboxylic acids is 1. The van der Waals surface area contributed by atoms with Crippen LogP contribution in [0.5, 0.6) is 0 Å². The van der Waals surface area contributed by atoms with E-state index in [1.807, 2.05) is 30.3 Å². The average molecular weight is 472 g/mol. The highest BCUT2D eigenvalue weighted by atomic mass is 28.3. The van der Waals surface area contributed by atoms with Crippen LogP contribution in [0, 0.1) is 0 Å². The summed E-state index contributed by atoms with van der Waals surface area (Å²) >= 11 is 0. The summed E-state index contributed by atoms with van der Waals surface area (Å²) in [4.78, 5) is 13.1. The van der Waals surface area contributed by atoms with Crippen molar-refractivity contribution in [2.24, 2.45) is 0 Å². The molecule has 34 heavy (non-hydrogen) atoms. The Morgan fingerprint density at radius 1 is 0.735 bits per heavy atom. The van der Waals surface area contributed by atoms with E-state index in [-0.39, 0.29) is 5.04 Å². The second-order valence-electron chi connectivity index (χ2n) is 10.5. The summed E-state index contributed by atoms with van der Waals surface area (Å²) in [6.45, 7) is 14.7. The van der Waals surface area contributed by atoms with Gasteiger partial charge in [-0.3, -0.25) is 5.32 Å². The predicted molar refractivity (Wildman–Crippen MR) is 145 cm³/mol. The zero-order valence-corrected chi connectivity index (χ0v) is 22.3. The van der Waals surface area contributed by atoms with Gasteiger partial charge in [-0.15, -0.1) is 0 Å². The Morgan fingerprint density at radius 3 is 1.65 bits per heavy atom. The number of anilines is 1. The molecular formula is C30H37NO2Si. The lowest BCUT2D eigenvalue weighted by Crippen LogP contribution is -2.64. The van der Waals surface area contributed by atoms with Crippen molar-refractivity contribution in [2.75, 3.05) is 11.9 Å². The molecule has 1 amide bonds. The molecule has 4 rings (SSSR count). The van der Waals surface area contributed by atoms with Crippen molar-refractivity contribution in [3.05, 3.63) is 90.0 Å². The zero-order valence-electron chi connectivity index (χ0n) is 21.3. The minimum atomic E-state index is -2.21. The lowest BCUT2D eigenvalue weighted by molar-refractivity contribution is 0.150. The molecule has 178 valence electrons. The number of amides is 1. The number of para-hydroxylation sites is 1. The maximum atomic E-state index is 13.1. The molecule has 0 bridgehead atoms. The smallest absolute Gasteiger partial charge is 0.411 e. The zero-order chi connectivity index (χ0) is 24.5. The highest BCUT2D eigenvalue weighted by molar-refractivity contribution is 6.87. The first kappa shape index (κ1) is 24.3. The van der Waals surface area contributed by atoms with Crippen LogP contribution in [0.3, 0.4) is 0 Å². The number of carbonyl (C=O) groups is 1. The fraction of sp³-hybridized carbons (Fsp3) is 0.367. The number of rotatable bonds is 7. The second kappa shape index (κ2) is 9.42. The van der Waals surface area contributed by atoms with Gasteiger partial charge in [0, 0.05) is 10.7 Å². The number of nitrogens with one attached hydrogen (secondary N) is 1. The van der Waals surface area contributed by atoms with E-state index < -0.39 is 14.2 Å². The molecule has 0 saturated heterocycles. The third kappa shape index (κ3) is 3.59. The van der Waals surface area contributed by atoms with Gasteiger partial charge in [0.05, 0.1) is 8.07 Å². The van der Waals surface area contributed by atoms with Crippen LogP contribution in [0.4, 0.5) is 10.5 Å². The number of hydrogen-bond acceptors (Lipinski definition) is 2. The summed E-state index contributed by atoms with van der Waals surface area (Å²) in [7, 11) is -2.21. The minimum absolute atomic E-state index is 0.329. The quantitative estimate of drug-likeness (QED) is 0.351. The summed E-state index contributed by atoms with van der Waals surface area (Å²) in [6, 6.07) is 27.1. The molecule has 0 fully saturated rings. The van der Waals surface area contributed by atoms with Crippen LogP contribution in [0.15, 0.2) is 78.9 Å². The Kier molecular flexibility index (Phi) is 6.72. The van der Waals surface area contributed by atoms with Gasteiger partial charge >= 0.3 is 6.09 Å². The van der Waals surface area contributed by atoms with Crippen LogP contribution in [0.2, 0.25) is 16.6 Å². The lowest BCUT2D eigenvalue weighted by atomic mass is 9.96. The topological polar surface area (TPSA) is 38.3 Å². The lowest BCUT2D eigenvalue weighted by Gasteiger charge is -2.56. The molecule has 0 unspecified atom stereocenters. The molecule has 0 spiro atoms. The third-order valence-corrected chi connectivity index (χ3v) is 16.0. The largest absolute Gasteiger partial charge is 0.448 e. The molecule has 3 aromatic carbocycles. The van der Waals surface area contributed by atoms with E-state index in [4.69, 9.17) is 4.74 Å². The first-order chi connectivity index (χ1) is 16.3. The van der Waals surface area contributed by atoms with Gasteiger partial charge in [-0.05, 0) is 51.0 Å². The first-order valence-corrected chi connectivity index (χ1v) is 14.7. The average Bonchev–Trinajstić information content (AvgIpc) is 3.09. The molecule has 0 atom stereocenters. The summed E-state index contributed by atoms with van der Waals surface area (Å²) in [6.07, 6.45) is -0.397. The van der Waals surface area contributed by atoms with Crippen molar-refractivity contribution in [3.63, 3.8) is 0 Å². The van der Waals surface area contributed by atoms with Gasteiger partial charge in [0.2, 0.25) is 0 Å². The van der Waals surface area contributed by atoms with Gasteiger partial charge in [-0.1, -0.05) is 108 Å². The molecule has 0 aromatic heterocycles. The standard InChI is InChI=1S/C30H37NO2Si/c1-21(2)34(22(3)4,23(5)6)30(20-33-29(32)31-24-14-8-7-9-15-24)27-18-12-10-16-25(27)26-17-11-13-19-28(26)30/h7-19,21-23H,20H2,1-6H3,(H,31,32). The van der Waals surface area contributed by atoms with Gasteiger partial charge in [-0.25, -0.2) is 4.79 Å². The van der Waals surface area contributed by atoms with Crippen molar-refractivity contribution >= 4 is 19.9 Å². The molecule has 4 heteroatoms. The van der Waals surface area contributed by atoms with Gasteiger partial charge in [0.1, 0.15) is 6.61 Å². The molecule has 3 aromatic rings. The first-order valence-electron chi connectivity index (χ1n) is 12.4. The van der Waals surface area contributed by atoms with E-state index >= 15 is 0 Å². The maximum absolute atomic E-state index is 13.1. The monoisotopic (exact) mass is 471 g/mol. The molecule has 1 aliphatic rings. The van der Waals surface area contributed by atoms with Gasteiger partial charge < -0.3 is 4.74 Å². The van der Waals surface area contributed by atoms with Gasteiger partial charge in [-0.2, -0.15) is 0 Å². The van der Waals surface area contributed by atoms with Gasteiger partial charge in [0.15, 0.2) is 0 Å². The van der Waals surface area contributed by atoms with Gasteiger partial charge in [0.25, 0.3) is 0 Å². The molecule has 0 saturated carbocycles. The molecule has 0 aliphatic heterocycles. The van der Waals surface area contributed by atoms with Crippen molar-refractivity contribution in [1.29, 1.82) is 0 Å². The van der Waals surface area contributed by atoms with Crippen molar-refractivity contribution < 1.29 is 9.53 Å². The fourth-order valence-electron chi connectivity index (χ4n) is 7.40. The van der Waals surface area contributed by atoms with E-state index in [1.54, 1.807) is 0 Å². The Balaban J connectivity index is 1.90. The maximum Gasteiger partial charge on any atom is 0.411 e. The normalized spacial score (nSPS) is 14.3. The van der Waals surface area contributed by atoms with E-state index in [1.165, 1.54) is 22.3 Å². The molecular weight excluding hydrogens is 434 g/mol. The number of fused-ring (bicyclic) bond motifs is 3. The Bertz CT molecular complexity index is 1090. The van der Waals surface area contributed by atoms with E-state index in [2.05, 4.69) is 95.4 Å². The Labute approximate surface area is 205 Å². The summed E-state index contributed by atoms with van der Waals surface area (Å²) < 4.78 is 6.19. The van der Waals surface area contributed by atoms with Crippen LogP contribution < -0.4 is 5.32 Å². The SMILES string of the molecule is CC(C)[Si](C(C)C)(C(C)C)C1(COC(=O)Nc2ccccc2)c2ccccc2-c2ccccc21. The number of ether oxygens (including phenoxy) is 1. The van der Waals surface area contributed by atoms with Crippen LogP contribution in [0.25, 0.3) is 11.1 Å². The molecule has 3 nitrogen and oxygen atoms in total. The molecule has 0 heterocycles. The fourth-order valence-corrected chi connectivity index (χ4v) is 16.0. The number of hydrogen-bond donors (Lipinski definition) is 1. The van der Waals surface area contributed by atoms with Crippen LogP contribution in [-0.2, 0) is 9.78 Å². The van der Waals surface area contributed by atoms with Crippen LogP contribution in [0.1, 0.15) is 52.7 Å². The second-order valence-corrected chi connectivity index (χ2v) is 16.6. The third-order valence-electron chi connectivity index (χ3n) is 8.11. The Morgan fingerprint density at radius 2 is 1.18 bits per heavy atom.